The second kappa shape index (κ2) is 7.60. The van der Waals surface area contributed by atoms with Gasteiger partial charge < -0.3 is 4.74 Å². The highest BCUT2D eigenvalue weighted by Crippen LogP contribution is 2.30. The van der Waals surface area contributed by atoms with Crippen molar-refractivity contribution >= 4 is 27.0 Å². The average molecular weight is 479 g/mol. The van der Waals surface area contributed by atoms with E-state index in [9.17, 15) is 18.0 Å². The Labute approximate surface area is 176 Å². The predicted octanol–water partition coefficient (Wildman–Crippen LogP) is 4.42. The fourth-order valence-corrected chi connectivity index (χ4v) is 3.66. The SMILES string of the molecule is COc1ccc(Cn2cnc3c(cnn3-c3cccc(C(F)(F)F)c3)c2=O)cc1Br. The zero-order valence-electron chi connectivity index (χ0n) is 15.5. The Hall–Kier alpha value is -3.14. The quantitative estimate of drug-likeness (QED) is 0.435. The first-order valence-corrected chi connectivity index (χ1v) is 9.50. The maximum absolute atomic E-state index is 13.0. The number of aromatic nitrogens is 4. The van der Waals surface area contributed by atoms with Crippen LogP contribution in [0.5, 0.6) is 5.75 Å². The van der Waals surface area contributed by atoms with Gasteiger partial charge in [0.1, 0.15) is 17.5 Å². The highest BCUT2D eigenvalue weighted by molar-refractivity contribution is 9.10. The number of methoxy groups -OCH3 is 1. The summed E-state index contributed by atoms with van der Waals surface area (Å²) in [7, 11) is 1.56. The van der Waals surface area contributed by atoms with Crippen molar-refractivity contribution < 1.29 is 17.9 Å². The first-order valence-electron chi connectivity index (χ1n) is 8.71. The predicted molar refractivity (Wildman–Crippen MR) is 108 cm³/mol. The first kappa shape index (κ1) is 20.1. The largest absolute Gasteiger partial charge is 0.496 e. The third kappa shape index (κ3) is 3.70. The highest BCUT2D eigenvalue weighted by atomic mass is 79.9. The standard InChI is InChI=1S/C20H14BrF3N4O2/c1-30-17-6-5-12(7-16(17)21)10-27-11-25-18-15(19(27)29)9-26-28(18)14-4-2-3-13(8-14)20(22,23)24/h2-9,11H,10H2,1H3. The number of benzene rings is 2. The van der Waals surface area contributed by atoms with Gasteiger partial charge in [-0.1, -0.05) is 12.1 Å². The molecule has 6 nitrogen and oxygen atoms in total. The molecule has 2 aromatic heterocycles. The van der Waals surface area contributed by atoms with Gasteiger partial charge in [-0.25, -0.2) is 9.67 Å². The lowest BCUT2D eigenvalue weighted by molar-refractivity contribution is -0.137. The zero-order chi connectivity index (χ0) is 21.5. The minimum Gasteiger partial charge on any atom is -0.496 e. The Balaban J connectivity index is 1.72. The molecule has 0 amide bonds. The van der Waals surface area contributed by atoms with Crippen molar-refractivity contribution in [3.8, 4) is 11.4 Å². The number of fused-ring (bicyclic) bond motifs is 1. The van der Waals surface area contributed by atoms with Gasteiger partial charge in [0.25, 0.3) is 5.56 Å². The smallest absolute Gasteiger partial charge is 0.416 e. The number of alkyl halides is 3. The molecule has 4 rings (SSSR count). The maximum Gasteiger partial charge on any atom is 0.416 e. The summed E-state index contributed by atoms with van der Waals surface area (Å²) in [5.74, 6) is 0.669. The zero-order valence-corrected chi connectivity index (χ0v) is 17.1. The third-order valence-corrected chi connectivity index (χ3v) is 5.16. The lowest BCUT2D eigenvalue weighted by Crippen LogP contribution is -2.21. The van der Waals surface area contributed by atoms with Crippen LogP contribution in [0.2, 0.25) is 0 Å². The molecule has 2 aromatic carbocycles. The number of ether oxygens (including phenoxy) is 1. The third-order valence-electron chi connectivity index (χ3n) is 4.54. The first-order chi connectivity index (χ1) is 14.3. The Morgan fingerprint density at radius 1 is 1.17 bits per heavy atom. The van der Waals surface area contributed by atoms with Crippen molar-refractivity contribution in [2.45, 2.75) is 12.7 Å². The number of hydrogen-bond donors (Lipinski definition) is 0. The second-order valence-corrected chi connectivity index (χ2v) is 7.34. The number of halogens is 4. The lowest BCUT2D eigenvalue weighted by Gasteiger charge is -2.10. The van der Waals surface area contributed by atoms with E-state index in [1.165, 1.54) is 33.9 Å². The van der Waals surface area contributed by atoms with E-state index in [4.69, 9.17) is 4.74 Å². The Bertz CT molecular complexity index is 1300. The minimum absolute atomic E-state index is 0.170. The minimum atomic E-state index is -4.48. The van der Waals surface area contributed by atoms with Crippen LogP contribution in [0.1, 0.15) is 11.1 Å². The summed E-state index contributed by atoms with van der Waals surface area (Å²) in [6.07, 6.45) is -1.81. The maximum atomic E-state index is 13.0. The molecule has 2 heterocycles. The van der Waals surface area contributed by atoms with E-state index in [1.54, 1.807) is 13.2 Å². The van der Waals surface area contributed by atoms with Crippen molar-refractivity contribution in [1.29, 1.82) is 0 Å². The molecule has 0 radical (unpaired) electrons. The van der Waals surface area contributed by atoms with E-state index in [2.05, 4.69) is 26.0 Å². The Kier molecular flexibility index (Phi) is 5.10. The van der Waals surface area contributed by atoms with Crippen LogP contribution in [-0.4, -0.2) is 26.4 Å². The van der Waals surface area contributed by atoms with Gasteiger partial charge in [0, 0.05) is 0 Å². The topological polar surface area (TPSA) is 61.9 Å². The summed E-state index contributed by atoms with van der Waals surface area (Å²) >= 11 is 3.41. The molecule has 0 spiro atoms. The van der Waals surface area contributed by atoms with Gasteiger partial charge in [0.15, 0.2) is 5.65 Å². The van der Waals surface area contributed by atoms with Gasteiger partial charge in [-0.2, -0.15) is 18.3 Å². The molecule has 0 bridgehead atoms. The summed E-state index contributed by atoms with van der Waals surface area (Å²) in [6, 6.07) is 10.1. The fourth-order valence-electron chi connectivity index (χ4n) is 3.07. The molecule has 154 valence electrons. The van der Waals surface area contributed by atoms with Crippen LogP contribution in [0.25, 0.3) is 16.7 Å². The average Bonchev–Trinajstić information content (AvgIpc) is 3.15. The van der Waals surface area contributed by atoms with Crippen molar-refractivity contribution in [1.82, 2.24) is 19.3 Å². The van der Waals surface area contributed by atoms with Crippen LogP contribution in [0, 0.1) is 0 Å². The Morgan fingerprint density at radius 3 is 2.67 bits per heavy atom. The monoisotopic (exact) mass is 478 g/mol. The number of rotatable bonds is 4. The fraction of sp³-hybridized carbons (Fsp3) is 0.150. The molecule has 0 aliphatic carbocycles. The Morgan fingerprint density at radius 2 is 1.97 bits per heavy atom. The molecular formula is C20H14BrF3N4O2. The van der Waals surface area contributed by atoms with E-state index in [-0.39, 0.29) is 28.8 Å². The van der Waals surface area contributed by atoms with Gasteiger partial charge in [-0.05, 0) is 51.8 Å². The molecule has 0 aliphatic rings. The van der Waals surface area contributed by atoms with Gasteiger partial charge in [-0.3, -0.25) is 9.36 Å². The van der Waals surface area contributed by atoms with E-state index >= 15 is 0 Å². The molecule has 30 heavy (non-hydrogen) atoms. The van der Waals surface area contributed by atoms with Crippen LogP contribution < -0.4 is 10.3 Å². The van der Waals surface area contributed by atoms with Gasteiger partial charge in [-0.15, -0.1) is 0 Å². The van der Waals surface area contributed by atoms with Crippen molar-refractivity contribution in [2.24, 2.45) is 0 Å². The molecule has 0 saturated carbocycles. The van der Waals surface area contributed by atoms with Crippen molar-refractivity contribution in [2.75, 3.05) is 7.11 Å². The van der Waals surface area contributed by atoms with Crippen LogP contribution in [0.4, 0.5) is 13.2 Å². The van der Waals surface area contributed by atoms with E-state index < -0.39 is 11.7 Å². The molecule has 4 aromatic rings. The second-order valence-electron chi connectivity index (χ2n) is 6.49. The summed E-state index contributed by atoms with van der Waals surface area (Å²) < 4.78 is 47.6. The summed E-state index contributed by atoms with van der Waals surface area (Å²) in [5.41, 5.74) is 0.0542. The number of nitrogens with zero attached hydrogens (tertiary/aromatic N) is 4. The summed E-state index contributed by atoms with van der Waals surface area (Å²) in [4.78, 5) is 17.1. The van der Waals surface area contributed by atoms with Crippen LogP contribution in [0.15, 0.2) is 64.3 Å². The number of hydrogen-bond acceptors (Lipinski definition) is 4. The molecular weight excluding hydrogens is 465 g/mol. The molecule has 0 saturated heterocycles. The van der Waals surface area contributed by atoms with Crippen molar-refractivity contribution in [3.63, 3.8) is 0 Å². The molecule has 0 N–H and O–H groups in total. The molecule has 0 aliphatic heterocycles. The highest BCUT2D eigenvalue weighted by Gasteiger charge is 2.30. The molecule has 0 unspecified atom stereocenters. The van der Waals surface area contributed by atoms with Gasteiger partial charge in [0.05, 0.1) is 35.6 Å². The summed E-state index contributed by atoms with van der Waals surface area (Å²) in [6.45, 7) is 0.263. The van der Waals surface area contributed by atoms with Crippen molar-refractivity contribution in [3.05, 3.63) is 80.9 Å². The molecule has 0 atom stereocenters. The van der Waals surface area contributed by atoms with Crippen LogP contribution >= 0.6 is 15.9 Å². The normalized spacial score (nSPS) is 11.8. The molecule has 10 heteroatoms. The van der Waals surface area contributed by atoms with Gasteiger partial charge in [0.2, 0.25) is 0 Å². The summed E-state index contributed by atoms with van der Waals surface area (Å²) in [5, 5.41) is 4.29. The van der Waals surface area contributed by atoms with Crippen LogP contribution in [0.3, 0.4) is 0 Å². The van der Waals surface area contributed by atoms with E-state index in [0.717, 1.165) is 22.2 Å². The van der Waals surface area contributed by atoms with E-state index in [1.807, 2.05) is 12.1 Å². The van der Waals surface area contributed by atoms with Crippen LogP contribution in [-0.2, 0) is 12.7 Å². The van der Waals surface area contributed by atoms with E-state index in [0.29, 0.717) is 5.75 Å². The van der Waals surface area contributed by atoms with Gasteiger partial charge >= 0.3 is 6.18 Å². The lowest BCUT2D eigenvalue weighted by atomic mass is 10.2. The molecule has 0 fully saturated rings.